The fraction of sp³-hybridized carbons (Fsp3) is 0.467. The fourth-order valence-electron chi connectivity index (χ4n) is 2.74. The third-order valence-corrected chi connectivity index (χ3v) is 4.14. The van der Waals surface area contributed by atoms with Gasteiger partial charge >= 0.3 is 0 Å². The van der Waals surface area contributed by atoms with Crippen molar-refractivity contribution in [3.63, 3.8) is 0 Å². The molecule has 0 amide bonds. The number of benzene rings is 1. The largest absolute Gasteiger partial charge is 0.381 e. The lowest BCUT2D eigenvalue weighted by molar-refractivity contribution is 0.0685. The molecule has 0 unspecified atom stereocenters. The molecule has 0 saturated carbocycles. The van der Waals surface area contributed by atoms with Crippen LogP contribution in [0.3, 0.4) is 0 Å². The van der Waals surface area contributed by atoms with E-state index >= 15 is 0 Å². The molecular formula is C15H18ClN3O. The molecule has 0 spiro atoms. The van der Waals surface area contributed by atoms with Crippen LogP contribution < -0.4 is 4.90 Å². The van der Waals surface area contributed by atoms with E-state index in [0.29, 0.717) is 11.1 Å². The van der Waals surface area contributed by atoms with Crippen LogP contribution in [0.15, 0.2) is 24.3 Å². The van der Waals surface area contributed by atoms with Gasteiger partial charge in [0.1, 0.15) is 0 Å². The van der Waals surface area contributed by atoms with Crippen molar-refractivity contribution in [3.05, 3.63) is 29.4 Å². The van der Waals surface area contributed by atoms with Gasteiger partial charge < -0.3 is 9.64 Å². The molecule has 2 heterocycles. The van der Waals surface area contributed by atoms with Crippen LogP contribution in [0.1, 0.15) is 12.8 Å². The predicted octanol–water partition coefficient (Wildman–Crippen LogP) is 3.15. The van der Waals surface area contributed by atoms with Gasteiger partial charge in [-0.1, -0.05) is 35.9 Å². The standard InChI is InChI=1S/C15H18ClN3O/c1-19(10-11-6-8-20-9-7-11)15-13-5-3-2-4-12(13)14(16)17-18-15/h2-5,11H,6-10H2,1H3. The molecule has 3 rings (SSSR count). The van der Waals surface area contributed by atoms with Gasteiger partial charge in [-0.3, -0.25) is 0 Å². The molecule has 0 bridgehead atoms. The number of anilines is 1. The Balaban J connectivity index is 1.87. The molecule has 2 aromatic rings. The first-order valence-electron chi connectivity index (χ1n) is 6.95. The van der Waals surface area contributed by atoms with E-state index in [9.17, 15) is 0 Å². The second-order valence-electron chi connectivity index (χ2n) is 5.30. The number of rotatable bonds is 3. The van der Waals surface area contributed by atoms with Gasteiger partial charge in [-0.2, -0.15) is 0 Å². The molecule has 1 aromatic heterocycles. The molecule has 1 aliphatic rings. The average Bonchev–Trinajstić information content (AvgIpc) is 2.49. The number of hydrogen-bond donors (Lipinski definition) is 0. The third kappa shape index (κ3) is 2.72. The molecule has 106 valence electrons. The topological polar surface area (TPSA) is 38.2 Å². The highest BCUT2D eigenvalue weighted by Gasteiger charge is 2.18. The molecule has 5 heteroatoms. The summed E-state index contributed by atoms with van der Waals surface area (Å²) in [4.78, 5) is 2.18. The van der Waals surface area contributed by atoms with E-state index in [2.05, 4.69) is 22.1 Å². The van der Waals surface area contributed by atoms with E-state index in [1.807, 2.05) is 24.3 Å². The van der Waals surface area contributed by atoms with Crippen LogP contribution in [0.2, 0.25) is 5.15 Å². The first kappa shape index (κ1) is 13.6. The molecule has 1 saturated heterocycles. The second kappa shape index (κ2) is 5.94. The van der Waals surface area contributed by atoms with Crippen LogP contribution in [0, 0.1) is 5.92 Å². The van der Waals surface area contributed by atoms with Gasteiger partial charge in [-0.25, -0.2) is 0 Å². The minimum atomic E-state index is 0.462. The van der Waals surface area contributed by atoms with E-state index in [1.165, 1.54) is 0 Å². The zero-order valence-electron chi connectivity index (χ0n) is 11.6. The lowest BCUT2D eigenvalue weighted by atomic mass is 10.00. The SMILES string of the molecule is CN(CC1CCOCC1)c1nnc(Cl)c2ccccc12. The molecule has 4 nitrogen and oxygen atoms in total. The summed E-state index contributed by atoms with van der Waals surface area (Å²) >= 11 is 6.12. The minimum absolute atomic E-state index is 0.462. The van der Waals surface area contributed by atoms with Gasteiger partial charge in [0, 0.05) is 37.6 Å². The van der Waals surface area contributed by atoms with Crippen molar-refractivity contribution in [2.45, 2.75) is 12.8 Å². The third-order valence-electron chi connectivity index (χ3n) is 3.86. The fourth-order valence-corrected chi connectivity index (χ4v) is 2.94. The Morgan fingerprint density at radius 2 is 1.90 bits per heavy atom. The molecule has 1 aliphatic heterocycles. The lowest BCUT2D eigenvalue weighted by Crippen LogP contribution is -2.30. The van der Waals surface area contributed by atoms with Crippen LogP contribution in [0.4, 0.5) is 5.82 Å². The Kier molecular flexibility index (Phi) is 4.03. The van der Waals surface area contributed by atoms with Crippen LogP contribution in [-0.2, 0) is 4.74 Å². The Labute approximate surface area is 123 Å². The second-order valence-corrected chi connectivity index (χ2v) is 5.65. The zero-order valence-corrected chi connectivity index (χ0v) is 12.3. The summed E-state index contributed by atoms with van der Waals surface area (Å²) in [6.07, 6.45) is 2.23. The normalized spacial score (nSPS) is 16.5. The van der Waals surface area contributed by atoms with E-state index in [4.69, 9.17) is 16.3 Å². The van der Waals surface area contributed by atoms with Crippen LogP contribution in [0.5, 0.6) is 0 Å². The first-order chi connectivity index (χ1) is 9.75. The van der Waals surface area contributed by atoms with E-state index in [-0.39, 0.29) is 0 Å². The van der Waals surface area contributed by atoms with Gasteiger partial charge in [0.15, 0.2) is 11.0 Å². The summed E-state index contributed by atoms with van der Waals surface area (Å²) in [6.45, 7) is 2.71. The van der Waals surface area contributed by atoms with Crippen LogP contribution >= 0.6 is 11.6 Å². The highest BCUT2D eigenvalue weighted by Crippen LogP contribution is 2.28. The number of aromatic nitrogens is 2. The number of halogens is 1. The maximum atomic E-state index is 6.12. The van der Waals surface area contributed by atoms with Gasteiger partial charge in [0.25, 0.3) is 0 Å². The first-order valence-corrected chi connectivity index (χ1v) is 7.33. The highest BCUT2D eigenvalue weighted by atomic mass is 35.5. The molecule has 1 aromatic carbocycles. The van der Waals surface area contributed by atoms with Gasteiger partial charge in [-0.05, 0) is 18.8 Å². The van der Waals surface area contributed by atoms with Crippen molar-refractivity contribution < 1.29 is 4.74 Å². The predicted molar refractivity (Wildman–Crippen MR) is 81.4 cm³/mol. The van der Waals surface area contributed by atoms with E-state index in [0.717, 1.165) is 49.2 Å². The Hall–Kier alpha value is -1.39. The van der Waals surface area contributed by atoms with Gasteiger partial charge in [-0.15, -0.1) is 10.2 Å². The maximum Gasteiger partial charge on any atom is 0.159 e. The summed E-state index contributed by atoms with van der Waals surface area (Å²) in [7, 11) is 2.07. The minimum Gasteiger partial charge on any atom is -0.381 e. The van der Waals surface area contributed by atoms with Crippen molar-refractivity contribution >= 4 is 28.2 Å². The van der Waals surface area contributed by atoms with Crippen LogP contribution in [-0.4, -0.2) is 37.0 Å². The molecule has 0 N–H and O–H groups in total. The Bertz CT molecular complexity index is 599. The van der Waals surface area contributed by atoms with Crippen LogP contribution in [0.25, 0.3) is 10.8 Å². The van der Waals surface area contributed by atoms with Gasteiger partial charge in [0.05, 0.1) is 0 Å². The van der Waals surface area contributed by atoms with Gasteiger partial charge in [0.2, 0.25) is 0 Å². The van der Waals surface area contributed by atoms with E-state index < -0.39 is 0 Å². The highest BCUT2D eigenvalue weighted by molar-refractivity contribution is 6.34. The van der Waals surface area contributed by atoms with Crippen molar-refractivity contribution in [1.29, 1.82) is 0 Å². The Morgan fingerprint density at radius 1 is 1.20 bits per heavy atom. The van der Waals surface area contributed by atoms with E-state index in [1.54, 1.807) is 0 Å². The molecule has 20 heavy (non-hydrogen) atoms. The molecule has 0 radical (unpaired) electrons. The smallest absolute Gasteiger partial charge is 0.159 e. The van der Waals surface area contributed by atoms with Crippen molar-refractivity contribution in [2.24, 2.45) is 5.92 Å². The molecular weight excluding hydrogens is 274 g/mol. The summed E-state index contributed by atoms with van der Waals surface area (Å²) < 4.78 is 5.41. The molecule has 0 aliphatic carbocycles. The zero-order chi connectivity index (χ0) is 13.9. The monoisotopic (exact) mass is 291 g/mol. The molecule has 1 fully saturated rings. The number of fused-ring (bicyclic) bond motifs is 1. The number of nitrogens with zero attached hydrogens (tertiary/aromatic N) is 3. The summed E-state index contributed by atoms with van der Waals surface area (Å²) in [5.74, 6) is 1.56. The quantitative estimate of drug-likeness (QED) is 0.871. The lowest BCUT2D eigenvalue weighted by Gasteiger charge is -2.28. The summed E-state index contributed by atoms with van der Waals surface area (Å²) in [5, 5.41) is 10.8. The van der Waals surface area contributed by atoms with Crippen molar-refractivity contribution in [2.75, 3.05) is 31.7 Å². The Morgan fingerprint density at radius 3 is 2.65 bits per heavy atom. The van der Waals surface area contributed by atoms with Crippen molar-refractivity contribution in [1.82, 2.24) is 10.2 Å². The number of hydrogen-bond acceptors (Lipinski definition) is 4. The molecule has 0 atom stereocenters. The average molecular weight is 292 g/mol. The van der Waals surface area contributed by atoms with Crippen molar-refractivity contribution in [3.8, 4) is 0 Å². The number of ether oxygens (including phenoxy) is 1. The summed E-state index contributed by atoms with van der Waals surface area (Å²) in [5.41, 5.74) is 0. The maximum absolute atomic E-state index is 6.12. The summed E-state index contributed by atoms with van der Waals surface area (Å²) in [6, 6.07) is 8.01.